The third-order valence-corrected chi connectivity index (χ3v) is 15.6. The van der Waals surface area contributed by atoms with Gasteiger partial charge in [0.05, 0.1) is 12.6 Å². The zero-order valence-corrected chi connectivity index (χ0v) is 70.4. The van der Waals surface area contributed by atoms with Crippen molar-refractivity contribution in [3.05, 3.63) is 436 Å². The first-order valence-electron chi connectivity index (χ1n) is 36.7. The minimum absolute atomic E-state index is 0. The van der Waals surface area contributed by atoms with Crippen molar-refractivity contribution in [2.24, 2.45) is 0 Å². The second-order valence-corrected chi connectivity index (χ2v) is 23.7. The number of aliphatic hydroxyl groups is 1. The normalized spacial score (nSPS) is 10.5. The standard InChI is InChI=1S/C19H16N.3C17H12N.C12H10N.C11H8N.C5H8O2.4Ir/c1-14-10-15(2)12-18(11-14)19-9-8-17(13-20-19)16-6-4-3-5-7-16;2*1-3-7-14(8-4-1)16-11-12-18-17(13-16)15-9-5-2-6-10-15;1-3-7-14(8-4-1)16-11-12-17(18-13-16)15-9-5-2-6-10-15;1-10-6-5-9-13-12(10)11-7-3-2-4-8-11;1-2-6-10(7-3-1)11-8-4-5-9-12-11;1-4(6)3-5(2)7;;;;/h3-11,13H,1-2H3;3*1-9,11-13H;2-7,9H,1H3;1-6,8-9H;3,6H,1-2H3;;;;/q6*-1;;;;;/i;;;1D,3D,4D,7D,8D;;;;;;;. The van der Waals surface area contributed by atoms with Crippen LogP contribution in [0.25, 0.3) is 112 Å². The number of benzene rings is 10. The Labute approximate surface area is 709 Å². The molecule has 0 spiro atoms. The summed E-state index contributed by atoms with van der Waals surface area (Å²) in [4.78, 5) is 36.3. The summed E-state index contributed by atoms with van der Waals surface area (Å²) in [6.45, 7) is 9.07. The molecule has 6 aromatic heterocycles. The first-order chi connectivity index (χ1) is 54.1. The van der Waals surface area contributed by atoms with Crippen molar-refractivity contribution in [3.8, 4) is 112 Å². The third-order valence-electron chi connectivity index (χ3n) is 15.6. The fourth-order valence-corrected chi connectivity index (χ4v) is 10.6. The van der Waals surface area contributed by atoms with Gasteiger partial charge in [0, 0.05) is 124 Å². The number of aryl methyl sites for hydroxylation is 3. The molecule has 0 bridgehead atoms. The van der Waals surface area contributed by atoms with Crippen molar-refractivity contribution in [1.29, 1.82) is 0 Å². The van der Waals surface area contributed by atoms with Crippen LogP contribution in [0.2, 0.25) is 0 Å². The van der Waals surface area contributed by atoms with Crippen LogP contribution >= 0.6 is 0 Å². The molecule has 10 aromatic carbocycles. The number of pyridine rings is 6. The Hall–Kier alpha value is -11.1. The summed E-state index contributed by atoms with van der Waals surface area (Å²) in [7, 11) is 0. The van der Waals surface area contributed by atoms with Gasteiger partial charge in [-0.05, 0) is 124 Å². The summed E-state index contributed by atoms with van der Waals surface area (Å²) in [6.07, 6.45) is 11.9. The second-order valence-electron chi connectivity index (χ2n) is 23.7. The SMILES string of the molecule is CC(=O)C=C(C)O.Cc1[c-]c(-c2ccc(-c3ccccc3)cn2)cc(C)c1.Cc1cccnc1-c1[c-]cccc1.[2H]c1c([2H])c([2H])c(-c2ccc(-c3[c-]cccc3)nc2)c([2H])c1[2H].[Ir].[Ir].[Ir].[Ir].[c-]1ccccc1-c1cc(-c2ccccc2)ccn1.[c-]1ccccc1-c1cc(-c2ccccc2)ccn1.[c-]1ccccc1-c1ccccn1. The van der Waals surface area contributed by atoms with E-state index >= 15 is 0 Å². The first kappa shape index (κ1) is 79.9. The van der Waals surface area contributed by atoms with Gasteiger partial charge in [-0.25, -0.2) is 0 Å². The molecule has 0 aliphatic heterocycles. The topological polar surface area (TPSA) is 115 Å². The van der Waals surface area contributed by atoms with E-state index in [0.29, 0.717) is 11.3 Å². The molecule has 0 unspecified atom stereocenters. The minimum atomic E-state index is -0.396. The number of aliphatic hydroxyl groups excluding tert-OH is 1. The molecular weight excluding hydrogens is 2060 g/mol. The molecule has 0 atom stereocenters. The molecule has 110 heavy (non-hydrogen) atoms. The van der Waals surface area contributed by atoms with Crippen LogP contribution in [0, 0.1) is 57.2 Å². The van der Waals surface area contributed by atoms with Crippen LogP contribution in [-0.2, 0) is 85.2 Å². The number of carbonyl (C=O) groups excluding carboxylic acids is 1. The third kappa shape index (κ3) is 28.8. The van der Waals surface area contributed by atoms with E-state index in [2.05, 4.69) is 166 Å². The van der Waals surface area contributed by atoms with Crippen LogP contribution in [0.3, 0.4) is 0 Å². The summed E-state index contributed by atoms with van der Waals surface area (Å²) < 4.78 is 39.1. The number of hydrogen-bond donors (Lipinski definition) is 1. The Morgan fingerprint density at radius 3 is 1.11 bits per heavy atom. The average Bonchev–Trinajstić information content (AvgIpc) is 0.776. The van der Waals surface area contributed by atoms with E-state index in [1.54, 1.807) is 24.4 Å². The quantitative estimate of drug-likeness (QED) is 0.0774. The predicted octanol–water partition coefficient (Wildman–Crippen LogP) is 23.9. The Morgan fingerprint density at radius 2 is 0.727 bits per heavy atom. The molecule has 6 heterocycles. The molecule has 16 aromatic rings. The van der Waals surface area contributed by atoms with Gasteiger partial charge in [-0.1, -0.05) is 195 Å². The van der Waals surface area contributed by atoms with E-state index in [-0.39, 0.29) is 122 Å². The molecule has 4 radical (unpaired) electrons. The molecule has 1 N–H and O–H groups in total. The second kappa shape index (κ2) is 48.3. The molecule has 8 nitrogen and oxygen atoms in total. The molecule has 0 fully saturated rings. The van der Waals surface area contributed by atoms with Gasteiger partial charge in [-0.15, -0.1) is 214 Å². The van der Waals surface area contributed by atoms with Gasteiger partial charge in [-0.3, -0.25) is 4.79 Å². The van der Waals surface area contributed by atoms with Crippen molar-refractivity contribution < 1.29 is 97.2 Å². The van der Waals surface area contributed by atoms with Crippen LogP contribution in [0.4, 0.5) is 0 Å². The molecule has 554 valence electrons. The minimum Gasteiger partial charge on any atom is -0.512 e. The van der Waals surface area contributed by atoms with Gasteiger partial charge in [-0.2, -0.15) is 0 Å². The summed E-state index contributed by atoms with van der Waals surface area (Å²) in [5.74, 6) is -0.0625. The summed E-state index contributed by atoms with van der Waals surface area (Å²) in [5.41, 5.74) is 22.9. The summed E-state index contributed by atoms with van der Waals surface area (Å²) in [6, 6.07) is 117. The number of rotatable bonds is 11. The molecule has 0 aliphatic rings. The van der Waals surface area contributed by atoms with Gasteiger partial charge in [0.25, 0.3) is 0 Å². The fourth-order valence-electron chi connectivity index (χ4n) is 10.6. The van der Waals surface area contributed by atoms with Crippen LogP contribution in [0.1, 0.15) is 37.4 Å². The van der Waals surface area contributed by atoms with E-state index in [1.165, 1.54) is 65.1 Å². The zero-order chi connectivity index (χ0) is 78.1. The molecule has 16 rings (SSSR count). The summed E-state index contributed by atoms with van der Waals surface area (Å²) >= 11 is 0. The number of ketones is 1. The van der Waals surface area contributed by atoms with Gasteiger partial charge < -0.3 is 35.0 Å². The Morgan fingerprint density at radius 1 is 0.336 bits per heavy atom. The van der Waals surface area contributed by atoms with Crippen LogP contribution in [0.15, 0.2) is 383 Å². The van der Waals surface area contributed by atoms with E-state index in [9.17, 15) is 4.79 Å². The maximum absolute atomic E-state index is 10.0. The van der Waals surface area contributed by atoms with E-state index < -0.39 is 6.04 Å². The van der Waals surface area contributed by atoms with Crippen LogP contribution in [-0.4, -0.2) is 40.8 Å². The molecule has 0 saturated heterocycles. The average molecular weight is 2150 g/mol. The number of carbonyl (C=O) groups is 1. The van der Waals surface area contributed by atoms with Crippen molar-refractivity contribution >= 4 is 5.78 Å². The maximum Gasteiger partial charge on any atom is 0.155 e. The number of aromatic nitrogens is 6. The van der Waals surface area contributed by atoms with Crippen LogP contribution < -0.4 is 0 Å². The monoisotopic (exact) mass is 2150 g/mol. The van der Waals surface area contributed by atoms with Crippen molar-refractivity contribution in [1.82, 2.24) is 29.9 Å². The van der Waals surface area contributed by atoms with Gasteiger partial charge in [0.2, 0.25) is 0 Å². The Bertz CT molecular complexity index is 5280. The molecule has 0 saturated carbocycles. The Balaban J connectivity index is 0.000000212. The van der Waals surface area contributed by atoms with Gasteiger partial charge in [0.15, 0.2) is 5.78 Å². The van der Waals surface area contributed by atoms with Gasteiger partial charge in [0.1, 0.15) is 0 Å². The van der Waals surface area contributed by atoms with Crippen LogP contribution in [0.5, 0.6) is 0 Å². The van der Waals surface area contributed by atoms with E-state index in [1.807, 2.05) is 231 Å². The zero-order valence-electron chi connectivity index (χ0n) is 65.8. The first-order valence-corrected chi connectivity index (χ1v) is 34.2. The number of allylic oxidation sites excluding steroid dienone is 2. The van der Waals surface area contributed by atoms with E-state index in [0.717, 1.165) is 73.0 Å². The molecule has 0 amide bonds. The maximum atomic E-state index is 10.0. The molecule has 0 aliphatic carbocycles. The van der Waals surface area contributed by atoms with Crippen molar-refractivity contribution in [3.63, 3.8) is 0 Å². The van der Waals surface area contributed by atoms with E-state index in [4.69, 9.17) is 12.0 Å². The molecule has 12 heteroatoms. The largest absolute Gasteiger partial charge is 0.512 e. The van der Waals surface area contributed by atoms with Crippen molar-refractivity contribution in [2.45, 2.75) is 34.6 Å². The smallest absolute Gasteiger partial charge is 0.155 e. The van der Waals surface area contributed by atoms with Gasteiger partial charge >= 0.3 is 0 Å². The predicted molar refractivity (Wildman–Crippen MR) is 434 cm³/mol. The Kier molecular flexibility index (Phi) is 35.1. The molecular formula is C98H78Ir4N6O2-6. The number of hydrogen-bond acceptors (Lipinski definition) is 8. The van der Waals surface area contributed by atoms with Crippen molar-refractivity contribution in [2.75, 3.05) is 0 Å². The summed E-state index contributed by atoms with van der Waals surface area (Å²) in [5, 5.41) is 8.36. The number of nitrogens with zero attached hydrogens (tertiary/aromatic N) is 6. The fraction of sp³-hybridized carbons (Fsp3) is 0.0510.